The number of esters is 1. The van der Waals surface area contributed by atoms with Gasteiger partial charge in [0.05, 0.1) is 18.8 Å². The Hall–Kier alpha value is -2.38. The summed E-state index contributed by atoms with van der Waals surface area (Å²) in [7, 11) is 1.79. The molecule has 1 aromatic carbocycles. The number of hydrogen-bond acceptors (Lipinski definition) is 5. The van der Waals surface area contributed by atoms with Crippen LogP contribution in [0.15, 0.2) is 24.3 Å². The number of anilines is 1. The molecule has 4 rings (SSSR count). The van der Waals surface area contributed by atoms with E-state index in [1.165, 1.54) is 0 Å². The van der Waals surface area contributed by atoms with E-state index in [4.69, 9.17) is 9.47 Å². The lowest BCUT2D eigenvalue weighted by molar-refractivity contribution is -0.119. The number of nitrogens with one attached hydrogen (secondary N) is 3. The molecule has 2 aromatic rings. The highest BCUT2D eigenvalue weighted by Gasteiger charge is 2.39. The standard InChI is InChI=1S/C23H31N3O4/c1-3-30-23(28)20-13-15-12-16(6-9-19(15)26-20)25-22(27)21-18(10-11-24-21)14-4-7-17(29-2)8-5-14/h6,9,12-14,17-18,21,24,26H,3-5,7-8,10-11H2,1-2H3,(H,25,27)/t14?,17?,18-,21-/m0/s1. The van der Waals surface area contributed by atoms with Gasteiger partial charge >= 0.3 is 5.97 Å². The molecule has 1 saturated heterocycles. The summed E-state index contributed by atoms with van der Waals surface area (Å²) in [6.07, 6.45) is 5.83. The average Bonchev–Trinajstić information content (AvgIpc) is 3.41. The maximum absolute atomic E-state index is 13.0. The molecule has 7 heteroatoms. The molecule has 2 fully saturated rings. The van der Waals surface area contributed by atoms with Crippen molar-refractivity contribution in [2.24, 2.45) is 11.8 Å². The number of rotatable bonds is 6. The number of amides is 1. The summed E-state index contributed by atoms with van der Waals surface area (Å²) >= 11 is 0. The number of carbonyl (C=O) groups is 2. The number of benzene rings is 1. The van der Waals surface area contributed by atoms with Crippen molar-refractivity contribution >= 4 is 28.5 Å². The molecule has 1 aliphatic heterocycles. The zero-order valence-electron chi connectivity index (χ0n) is 17.7. The smallest absolute Gasteiger partial charge is 0.354 e. The first-order valence-corrected chi connectivity index (χ1v) is 11.0. The van der Waals surface area contributed by atoms with E-state index < -0.39 is 0 Å². The quantitative estimate of drug-likeness (QED) is 0.631. The normalized spacial score (nSPS) is 26.6. The van der Waals surface area contributed by atoms with E-state index in [-0.39, 0.29) is 17.9 Å². The van der Waals surface area contributed by atoms with Crippen LogP contribution in [0.5, 0.6) is 0 Å². The number of carbonyl (C=O) groups excluding carboxylic acids is 2. The van der Waals surface area contributed by atoms with Crippen LogP contribution >= 0.6 is 0 Å². The Morgan fingerprint density at radius 1 is 1.13 bits per heavy atom. The van der Waals surface area contributed by atoms with E-state index in [0.29, 0.717) is 30.2 Å². The van der Waals surface area contributed by atoms with Crippen LogP contribution < -0.4 is 10.6 Å². The molecule has 0 spiro atoms. The predicted molar refractivity (Wildman–Crippen MR) is 116 cm³/mol. The van der Waals surface area contributed by atoms with E-state index >= 15 is 0 Å². The lowest BCUT2D eigenvalue weighted by atomic mass is 9.75. The van der Waals surface area contributed by atoms with Gasteiger partial charge in [-0.3, -0.25) is 4.79 Å². The van der Waals surface area contributed by atoms with Crippen LogP contribution in [0.3, 0.4) is 0 Å². The molecule has 1 aliphatic carbocycles. The zero-order valence-corrected chi connectivity index (χ0v) is 17.7. The molecule has 1 saturated carbocycles. The largest absolute Gasteiger partial charge is 0.461 e. The minimum absolute atomic E-state index is 0.0202. The van der Waals surface area contributed by atoms with Gasteiger partial charge in [-0.15, -0.1) is 0 Å². The highest BCUT2D eigenvalue weighted by Crippen LogP contribution is 2.37. The van der Waals surface area contributed by atoms with E-state index in [9.17, 15) is 9.59 Å². The molecule has 2 atom stereocenters. The Morgan fingerprint density at radius 3 is 2.67 bits per heavy atom. The van der Waals surface area contributed by atoms with Gasteiger partial charge in [0.15, 0.2) is 0 Å². The molecule has 0 unspecified atom stereocenters. The summed E-state index contributed by atoms with van der Waals surface area (Å²) < 4.78 is 10.5. The molecular formula is C23H31N3O4. The van der Waals surface area contributed by atoms with Crippen LogP contribution in [0.25, 0.3) is 10.9 Å². The lowest BCUT2D eigenvalue weighted by Crippen LogP contribution is -2.43. The first-order valence-electron chi connectivity index (χ1n) is 11.0. The number of H-pyrrole nitrogens is 1. The van der Waals surface area contributed by atoms with Crippen molar-refractivity contribution < 1.29 is 19.1 Å². The fourth-order valence-corrected chi connectivity index (χ4v) is 5.02. The first kappa shape index (κ1) is 20.9. The number of methoxy groups -OCH3 is 1. The molecule has 0 radical (unpaired) electrons. The van der Waals surface area contributed by atoms with Gasteiger partial charge in [0.25, 0.3) is 0 Å². The average molecular weight is 414 g/mol. The van der Waals surface area contributed by atoms with Crippen molar-refractivity contribution in [1.82, 2.24) is 10.3 Å². The predicted octanol–water partition coefficient (Wildman–Crippen LogP) is 3.47. The Kier molecular flexibility index (Phi) is 6.39. The summed E-state index contributed by atoms with van der Waals surface area (Å²) in [6, 6.07) is 7.22. The summed E-state index contributed by atoms with van der Waals surface area (Å²) in [4.78, 5) is 28.0. The molecule has 0 bridgehead atoms. The van der Waals surface area contributed by atoms with Gasteiger partial charge in [-0.25, -0.2) is 4.79 Å². The molecule has 1 amide bonds. The third kappa shape index (κ3) is 4.37. The lowest BCUT2D eigenvalue weighted by Gasteiger charge is -2.33. The van der Waals surface area contributed by atoms with E-state index in [0.717, 1.165) is 55.2 Å². The van der Waals surface area contributed by atoms with Crippen molar-refractivity contribution in [2.45, 2.75) is 51.2 Å². The Bertz CT molecular complexity index is 901. The van der Waals surface area contributed by atoms with Gasteiger partial charge in [-0.1, -0.05) is 0 Å². The molecular weight excluding hydrogens is 382 g/mol. The SMILES string of the molecule is CCOC(=O)c1cc2cc(NC(=O)[C@H]3NCC[C@H]3C3CCC(OC)CC3)ccc2[nH]1. The third-order valence-corrected chi connectivity index (χ3v) is 6.59. The Labute approximate surface area is 176 Å². The van der Waals surface area contributed by atoms with E-state index in [1.54, 1.807) is 20.1 Å². The van der Waals surface area contributed by atoms with Crippen LogP contribution in [0.4, 0.5) is 5.69 Å². The number of fused-ring (bicyclic) bond motifs is 1. The Balaban J connectivity index is 1.42. The van der Waals surface area contributed by atoms with Gasteiger partial charge in [-0.05, 0) is 81.7 Å². The Morgan fingerprint density at radius 2 is 1.93 bits per heavy atom. The van der Waals surface area contributed by atoms with Gasteiger partial charge in [-0.2, -0.15) is 0 Å². The topological polar surface area (TPSA) is 92.4 Å². The molecule has 1 aromatic heterocycles. The maximum Gasteiger partial charge on any atom is 0.354 e. The van der Waals surface area contributed by atoms with E-state index in [2.05, 4.69) is 15.6 Å². The summed E-state index contributed by atoms with van der Waals surface area (Å²) in [6.45, 7) is 2.99. The molecule has 7 nitrogen and oxygen atoms in total. The van der Waals surface area contributed by atoms with Crippen molar-refractivity contribution in [3.63, 3.8) is 0 Å². The van der Waals surface area contributed by atoms with Crippen molar-refractivity contribution in [2.75, 3.05) is 25.6 Å². The second kappa shape index (κ2) is 9.18. The minimum Gasteiger partial charge on any atom is -0.461 e. The van der Waals surface area contributed by atoms with Crippen LogP contribution in [0, 0.1) is 11.8 Å². The second-order valence-electron chi connectivity index (χ2n) is 8.35. The summed E-state index contributed by atoms with van der Waals surface area (Å²) in [5.41, 5.74) is 1.99. The van der Waals surface area contributed by atoms with Crippen LogP contribution in [-0.4, -0.2) is 49.3 Å². The second-order valence-corrected chi connectivity index (χ2v) is 8.35. The highest BCUT2D eigenvalue weighted by atomic mass is 16.5. The molecule has 3 N–H and O–H groups in total. The van der Waals surface area contributed by atoms with Crippen LogP contribution in [0.1, 0.15) is 49.5 Å². The van der Waals surface area contributed by atoms with Gasteiger partial charge in [0.2, 0.25) is 5.91 Å². The zero-order chi connectivity index (χ0) is 21.1. The minimum atomic E-state index is -0.375. The van der Waals surface area contributed by atoms with Gasteiger partial charge < -0.3 is 25.1 Å². The number of ether oxygens (including phenoxy) is 2. The fraction of sp³-hybridized carbons (Fsp3) is 0.565. The maximum atomic E-state index is 13.0. The summed E-state index contributed by atoms with van der Waals surface area (Å²) in [5.74, 6) is 0.586. The fourth-order valence-electron chi connectivity index (χ4n) is 5.02. The molecule has 2 aliphatic rings. The van der Waals surface area contributed by atoms with E-state index in [1.807, 2.05) is 18.2 Å². The van der Waals surface area contributed by atoms with Crippen molar-refractivity contribution in [1.29, 1.82) is 0 Å². The summed E-state index contributed by atoms with van der Waals surface area (Å²) in [5, 5.41) is 7.35. The molecule has 162 valence electrons. The van der Waals surface area contributed by atoms with Crippen LogP contribution in [-0.2, 0) is 14.3 Å². The number of aromatic nitrogens is 1. The number of hydrogen-bond donors (Lipinski definition) is 3. The molecule has 2 heterocycles. The number of aromatic amines is 1. The third-order valence-electron chi connectivity index (χ3n) is 6.59. The highest BCUT2D eigenvalue weighted by molar-refractivity contribution is 5.99. The van der Waals surface area contributed by atoms with Gasteiger partial charge in [0.1, 0.15) is 5.69 Å². The van der Waals surface area contributed by atoms with Crippen molar-refractivity contribution in [3.05, 3.63) is 30.0 Å². The van der Waals surface area contributed by atoms with Crippen LogP contribution in [0.2, 0.25) is 0 Å². The molecule has 30 heavy (non-hydrogen) atoms. The van der Waals surface area contributed by atoms with Gasteiger partial charge in [0, 0.05) is 23.7 Å². The van der Waals surface area contributed by atoms with Crippen molar-refractivity contribution in [3.8, 4) is 0 Å². The monoisotopic (exact) mass is 413 g/mol. The first-order chi connectivity index (χ1) is 14.6.